The third-order valence-corrected chi connectivity index (χ3v) is 2.21. The number of hydrogen-bond acceptors (Lipinski definition) is 3. The van der Waals surface area contributed by atoms with Gasteiger partial charge in [0.25, 0.3) is 0 Å². The van der Waals surface area contributed by atoms with E-state index in [-0.39, 0.29) is 0 Å². The minimum Gasteiger partial charge on any atom is -0.316 e. The van der Waals surface area contributed by atoms with Crippen molar-refractivity contribution in [1.82, 2.24) is 10.2 Å². The van der Waals surface area contributed by atoms with Gasteiger partial charge in [0, 0.05) is 26.2 Å². The van der Waals surface area contributed by atoms with Gasteiger partial charge in [0.15, 0.2) is 0 Å². The first kappa shape index (κ1) is 8.97. The summed E-state index contributed by atoms with van der Waals surface area (Å²) < 4.78 is 0. The Bertz CT molecular complexity index is 99.5. The summed E-state index contributed by atoms with van der Waals surface area (Å²) in [6, 6.07) is 0. The van der Waals surface area contributed by atoms with E-state index in [1.54, 1.807) is 0 Å². The van der Waals surface area contributed by atoms with E-state index in [4.69, 9.17) is 5.73 Å². The normalized spacial score (nSPS) is 23.5. The molecule has 3 nitrogen and oxygen atoms in total. The molecule has 0 aliphatic carbocycles. The SMILES string of the molecule is CCCC(N)N1CCNCC1. The van der Waals surface area contributed by atoms with Gasteiger partial charge < -0.3 is 11.1 Å². The van der Waals surface area contributed by atoms with Gasteiger partial charge in [0.05, 0.1) is 6.17 Å². The smallest absolute Gasteiger partial charge is 0.0572 e. The fourth-order valence-corrected chi connectivity index (χ4v) is 1.49. The van der Waals surface area contributed by atoms with Gasteiger partial charge in [-0.25, -0.2) is 0 Å². The summed E-state index contributed by atoms with van der Waals surface area (Å²) in [6.07, 6.45) is 2.60. The van der Waals surface area contributed by atoms with Crippen molar-refractivity contribution in [1.29, 1.82) is 0 Å². The van der Waals surface area contributed by atoms with Gasteiger partial charge in [-0.15, -0.1) is 0 Å². The Morgan fingerprint density at radius 3 is 2.64 bits per heavy atom. The van der Waals surface area contributed by atoms with Gasteiger partial charge in [0.1, 0.15) is 0 Å². The van der Waals surface area contributed by atoms with Gasteiger partial charge in [-0.05, 0) is 6.42 Å². The van der Waals surface area contributed by atoms with Crippen LogP contribution in [0.4, 0.5) is 0 Å². The second-order valence-corrected chi connectivity index (χ2v) is 3.14. The number of piperazine rings is 1. The van der Waals surface area contributed by atoms with E-state index in [1.165, 1.54) is 6.42 Å². The summed E-state index contributed by atoms with van der Waals surface area (Å²) in [6.45, 7) is 6.60. The van der Waals surface area contributed by atoms with Gasteiger partial charge >= 0.3 is 0 Å². The van der Waals surface area contributed by atoms with Gasteiger partial charge in [-0.2, -0.15) is 0 Å². The summed E-state index contributed by atoms with van der Waals surface area (Å²) in [5.74, 6) is 0. The van der Waals surface area contributed by atoms with Crippen molar-refractivity contribution in [3.05, 3.63) is 0 Å². The lowest BCUT2D eigenvalue weighted by molar-refractivity contribution is 0.167. The van der Waals surface area contributed by atoms with Crippen LogP contribution in [0, 0.1) is 0 Å². The van der Waals surface area contributed by atoms with Crippen molar-refractivity contribution in [2.24, 2.45) is 5.73 Å². The van der Waals surface area contributed by atoms with Crippen LogP contribution >= 0.6 is 0 Å². The van der Waals surface area contributed by atoms with Crippen LogP contribution in [0.1, 0.15) is 19.8 Å². The number of nitrogens with zero attached hydrogens (tertiary/aromatic N) is 1. The van der Waals surface area contributed by atoms with Crippen molar-refractivity contribution in [3.8, 4) is 0 Å². The lowest BCUT2D eigenvalue weighted by Crippen LogP contribution is -2.51. The molecule has 0 radical (unpaired) electrons. The third kappa shape index (κ3) is 2.77. The van der Waals surface area contributed by atoms with Crippen LogP contribution in [0.15, 0.2) is 0 Å². The topological polar surface area (TPSA) is 41.3 Å². The maximum Gasteiger partial charge on any atom is 0.0572 e. The number of nitrogens with one attached hydrogen (secondary N) is 1. The maximum atomic E-state index is 5.96. The molecule has 0 amide bonds. The van der Waals surface area contributed by atoms with Crippen molar-refractivity contribution in [3.63, 3.8) is 0 Å². The Kier molecular flexibility index (Phi) is 3.83. The number of rotatable bonds is 3. The van der Waals surface area contributed by atoms with E-state index >= 15 is 0 Å². The molecule has 0 aromatic heterocycles. The highest BCUT2D eigenvalue weighted by atomic mass is 15.3. The summed E-state index contributed by atoms with van der Waals surface area (Å²) in [7, 11) is 0. The lowest BCUT2D eigenvalue weighted by Gasteiger charge is -2.32. The summed E-state index contributed by atoms with van der Waals surface area (Å²) in [5.41, 5.74) is 5.96. The average Bonchev–Trinajstić information content (AvgIpc) is 2.07. The Morgan fingerprint density at radius 1 is 1.45 bits per heavy atom. The van der Waals surface area contributed by atoms with E-state index in [9.17, 15) is 0 Å². The molecule has 0 saturated carbocycles. The molecule has 0 aromatic carbocycles. The van der Waals surface area contributed by atoms with Crippen LogP contribution in [0.5, 0.6) is 0 Å². The molecule has 1 saturated heterocycles. The van der Waals surface area contributed by atoms with E-state index in [2.05, 4.69) is 17.1 Å². The first-order chi connectivity index (χ1) is 5.34. The minimum absolute atomic E-state index is 0.294. The van der Waals surface area contributed by atoms with Gasteiger partial charge in [-0.1, -0.05) is 13.3 Å². The Balaban J connectivity index is 2.21. The summed E-state index contributed by atoms with van der Waals surface area (Å²) >= 11 is 0. The molecular formula is C8H19N3. The first-order valence-corrected chi connectivity index (χ1v) is 4.55. The molecule has 11 heavy (non-hydrogen) atoms. The van der Waals surface area contributed by atoms with Crippen LogP contribution in [-0.2, 0) is 0 Å². The maximum absolute atomic E-state index is 5.96. The fraction of sp³-hybridized carbons (Fsp3) is 1.00. The van der Waals surface area contributed by atoms with Crippen LogP contribution in [0.2, 0.25) is 0 Å². The van der Waals surface area contributed by atoms with Crippen LogP contribution in [0.25, 0.3) is 0 Å². The van der Waals surface area contributed by atoms with E-state index in [0.29, 0.717) is 6.17 Å². The van der Waals surface area contributed by atoms with Crippen molar-refractivity contribution >= 4 is 0 Å². The molecule has 1 rings (SSSR count). The van der Waals surface area contributed by atoms with E-state index in [0.717, 1.165) is 32.6 Å². The molecule has 66 valence electrons. The van der Waals surface area contributed by atoms with Crippen LogP contribution in [0.3, 0.4) is 0 Å². The van der Waals surface area contributed by atoms with E-state index < -0.39 is 0 Å². The quantitative estimate of drug-likeness (QED) is 0.605. The van der Waals surface area contributed by atoms with Crippen molar-refractivity contribution < 1.29 is 0 Å². The molecular weight excluding hydrogens is 138 g/mol. The van der Waals surface area contributed by atoms with Gasteiger partial charge in [0.2, 0.25) is 0 Å². The molecule has 1 atom stereocenters. The molecule has 1 unspecified atom stereocenters. The zero-order valence-corrected chi connectivity index (χ0v) is 7.34. The first-order valence-electron chi connectivity index (χ1n) is 4.55. The van der Waals surface area contributed by atoms with Gasteiger partial charge in [-0.3, -0.25) is 4.90 Å². The second-order valence-electron chi connectivity index (χ2n) is 3.14. The monoisotopic (exact) mass is 157 g/mol. The average molecular weight is 157 g/mol. The highest BCUT2D eigenvalue weighted by Crippen LogP contribution is 2.01. The molecule has 1 aliphatic rings. The molecule has 3 heteroatoms. The zero-order chi connectivity index (χ0) is 8.10. The van der Waals surface area contributed by atoms with E-state index in [1.807, 2.05) is 0 Å². The molecule has 1 heterocycles. The predicted octanol–water partition coefficient (Wildman–Crippen LogP) is -0.0235. The fourth-order valence-electron chi connectivity index (χ4n) is 1.49. The van der Waals surface area contributed by atoms with Crippen LogP contribution < -0.4 is 11.1 Å². The largest absolute Gasteiger partial charge is 0.316 e. The molecule has 0 bridgehead atoms. The summed E-state index contributed by atoms with van der Waals surface area (Å²) in [5, 5.41) is 3.31. The Hall–Kier alpha value is -0.120. The minimum atomic E-state index is 0.294. The Labute approximate surface area is 68.9 Å². The highest BCUT2D eigenvalue weighted by Gasteiger charge is 2.14. The molecule has 3 N–H and O–H groups in total. The van der Waals surface area contributed by atoms with Crippen LogP contribution in [-0.4, -0.2) is 37.2 Å². The predicted molar refractivity (Wildman–Crippen MR) is 47.3 cm³/mol. The number of nitrogens with two attached hydrogens (primary N) is 1. The lowest BCUT2D eigenvalue weighted by atomic mass is 10.2. The molecule has 1 aliphatic heterocycles. The second kappa shape index (κ2) is 4.70. The highest BCUT2D eigenvalue weighted by molar-refractivity contribution is 4.71. The number of hydrogen-bond donors (Lipinski definition) is 2. The standard InChI is InChI=1S/C8H19N3/c1-2-3-8(9)11-6-4-10-5-7-11/h8,10H,2-7,9H2,1H3. The van der Waals surface area contributed by atoms with Crippen molar-refractivity contribution in [2.45, 2.75) is 25.9 Å². The Morgan fingerprint density at radius 2 is 2.09 bits per heavy atom. The summed E-state index contributed by atoms with van der Waals surface area (Å²) in [4.78, 5) is 2.36. The third-order valence-electron chi connectivity index (χ3n) is 2.21. The molecule has 0 aromatic rings. The molecule has 1 fully saturated rings. The molecule has 0 spiro atoms. The van der Waals surface area contributed by atoms with Crippen molar-refractivity contribution in [2.75, 3.05) is 26.2 Å². The zero-order valence-electron chi connectivity index (χ0n) is 7.34.